The summed E-state index contributed by atoms with van der Waals surface area (Å²) >= 11 is 7.51. The molecular weight excluding hydrogens is 330 g/mol. The lowest BCUT2D eigenvalue weighted by Crippen LogP contribution is -2.37. The van der Waals surface area contributed by atoms with Gasteiger partial charge in [0.15, 0.2) is 0 Å². The van der Waals surface area contributed by atoms with E-state index in [1.807, 2.05) is 6.92 Å². The van der Waals surface area contributed by atoms with E-state index < -0.39 is 10.0 Å². The van der Waals surface area contributed by atoms with E-state index >= 15 is 0 Å². The fourth-order valence-corrected chi connectivity index (χ4v) is 5.87. The van der Waals surface area contributed by atoms with E-state index in [1.165, 1.54) is 4.31 Å². The molecule has 0 N–H and O–H groups in total. The first-order valence-corrected chi connectivity index (χ1v) is 10.2. The summed E-state index contributed by atoms with van der Waals surface area (Å²) in [6.45, 7) is 4.22. The fourth-order valence-electron chi connectivity index (χ4n) is 2.63. The van der Waals surface area contributed by atoms with Crippen LogP contribution in [0.1, 0.15) is 24.2 Å². The van der Waals surface area contributed by atoms with Crippen molar-refractivity contribution in [3.8, 4) is 0 Å². The number of alkyl halides is 1. The number of nitrogens with zero attached hydrogens (tertiary/aromatic N) is 3. The molecule has 1 saturated heterocycles. The van der Waals surface area contributed by atoms with Crippen molar-refractivity contribution in [1.82, 2.24) is 14.1 Å². The van der Waals surface area contributed by atoms with Crippen molar-refractivity contribution < 1.29 is 8.42 Å². The van der Waals surface area contributed by atoms with Crippen LogP contribution in [0.2, 0.25) is 0 Å². The third-order valence-electron chi connectivity index (χ3n) is 3.88. The molecule has 5 nitrogen and oxygen atoms in total. The summed E-state index contributed by atoms with van der Waals surface area (Å²) in [6.07, 6.45) is 1.69. The number of sulfonamides is 1. The molecule has 1 aromatic rings. The number of rotatable bonds is 6. The lowest BCUT2D eigenvalue weighted by molar-refractivity contribution is 0.394. The van der Waals surface area contributed by atoms with Crippen LogP contribution in [-0.4, -0.2) is 53.0 Å². The summed E-state index contributed by atoms with van der Waals surface area (Å²) in [4.78, 5) is 0.358. The quantitative estimate of drug-likeness (QED) is 0.738. The van der Waals surface area contributed by atoms with Gasteiger partial charge >= 0.3 is 0 Å². The average molecular weight is 352 g/mol. The Bertz CT molecular complexity index is 595. The second-order valence-electron chi connectivity index (χ2n) is 5.30. The molecule has 1 aliphatic heterocycles. The first-order chi connectivity index (χ1) is 9.89. The van der Waals surface area contributed by atoms with Gasteiger partial charge in [0.25, 0.3) is 0 Å². The summed E-state index contributed by atoms with van der Waals surface area (Å²) in [5, 5.41) is 4.37. The van der Waals surface area contributed by atoms with E-state index in [4.69, 9.17) is 11.6 Å². The van der Waals surface area contributed by atoms with Crippen LogP contribution in [0.4, 0.5) is 0 Å². The summed E-state index contributed by atoms with van der Waals surface area (Å²) in [7, 11) is -1.80. The Balaban J connectivity index is 2.33. The molecule has 21 heavy (non-hydrogen) atoms. The van der Waals surface area contributed by atoms with Gasteiger partial charge < -0.3 is 0 Å². The minimum absolute atomic E-state index is 0.0880. The van der Waals surface area contributed by atoms with Crippen molar-refractivity contribution >= 4 is 33.4 Å². The van der Waals surface area contributed by atoms with Crippen molar-refractivity contribution in [3.63, 3.8) is 0 Å². The average Bonchev–Trinajstić information content (AvgIpc) is 3.04. The zero-order valence-electron chi connectivity index (χ0n) is 12.7. The molecular formula is C13H22ClN3O2S2. The minimum Gasteiger partial charge on any atom is -0.268 e. The number of aryl methyl sites for hydroxylation is 2. The van der Waals surface area contributed by atoms with Gasteiger partial charge in [0.05, 0.1) is 11.4 Å². The predicted octanol–water partition coefficient (Wildman–Crippen LogP) is 2.25. The first kappa shape index (κ1) is 17.1. The van der Waals surface area contributed by atoms with Crippen LogP contribution < -0.4 is 0 Å². The summed E-state index contributed by atoms with van der Waals surface area (Å²) in [6, 6.07) is 0.0880. The van der Waals surface area contributed by atoms with Crippen molar-refractivity contribution in [2.24, 2.45) is 0 Å². The second-order valence-corrected chi connectivity index (χ2v) is 8.77. The summed E-state index contributed by atoms with van der Waals surface area (Å²) in [5.74, 6) is 2.44. The van der Waals surface area contributed by atoms with E-state index in [-0.39, 0.29) is 6.04 Å². The zero-order valence-corrected chi connectivity index (χ0v) is 15.1. The minimum atomic E-state index is -3.48. The van der Waals surface area contributed by atoms with Crippen LogP contribution in [0, 0.1) is 13.8 Å². The maximum Gasteiger partial charge on any atom is 0.246 e. The third-order valence-corrected chi connectivity index (χ3v) is 7.45. The lowest BCUT2D eigenvalue weighted by atomic mass is 10.3. The molecule has 0 amide bonds. The Kier molecular flexibility index (Phi) is 5.62. The van der Waals surface area contributed by atoms with Crippen molar-refractivity contribution in [2.45, 2.75) is 44.2 Å². The number of aromatic nitrogens is 2. The monoisotopic (exact) mass is 351 g/mol. The Labute approximate surface area is 136 Å². The fraction of sp³-hybridized carbons (Fsp3) is 0.769. The number of hydrogen-bond donors (Lipinski definition) is 0. The van der Waals surface area contributed by atoms with Crippen molar-refractivity contribution in [3.05, 3.63) is 11.4 Å². The molecule has 8 heteroatoms. The predicted molar refractivity (Wildman–Crippen MR) is 87.7 cm³/mol. The molecule has 0 aromatic carbocycles. The Morgan fingerprint density at radius 1 is 1.48 bits per heavy atom. The lowest BCUT2D eigenvalue weighted by Gasteiger charge is -2.23. The molecule has 0 spiro atoms. The van der Waals surface area contributed by atoms with E-state index in [0.717, 1.165) is 24.3 Å². The standard InChI is InChI=1S/C13H22ClN3O2S2/c1-10-13(11(2)17(15-10)7-4-6-14)21(18,19)16(3)12-5-8-20-9-12/h12H,4-9H2,1-3H3. The highest BCUT2D eigenvalue weighted by atomic mass is 35.5. The van der Waals surface area contributed by atoms with Crippen LogP contribution in [0.3, 0.4) is 0 Å². The van der Waals surface area contributed by atoms with Crippen LogP contribution in [0.25, 0.3) is 0 Å². The van der Waals surface area contributed by atoms with E-state index in [9.17, 15) is 8.42 Å². The Morgan fingerprint density at radius 3 is 2.76 bits per heavy atom. The highest BCUT2D eigenvalue weighted by Gasteiger charge is 2.34. The normalized spacial score (nSPS) is 19.6. The highest BCUT2D eigenvalue weighted by molar-refractivity contribution is 7.99. The molecule has 1 aromatic heterocycles. The number of halogens is 1. The van der Waals surface area contributed by atoms with E-state index in [0.29, 0.717) is 28.7 Å². The number of hydrogen-bond acceptors (Lipinski definition) is 4. The molecule has 1 aliphatic rings. The number of thioether (sulfide) groups is 1. The third kappa shape index (κ3) is 3.41. The Morgan fingerprint density at radius 2 is 2.19 bits per heavy atom. The Hall–Kier alpha value is -0.240. The van der Waals surface area contributed by atoms with Crippen LogP contribution >= 0.6 is 23.4 Å². The van der Waals surface area contributed by atoms with Gasteiger partial charge in [0.2, 0.25) is 10.0 Å². The molecule has 1 unspecified atom stereocenters. The molecule has 0 radical (unpaired) electrons. The first-order valence-electron chi connectivity index (χ1n) is 7.05. The molecule has 2 heterocycles. The molecule has 0 bridgehead atoms. The second kappa shape index (κ2) is 6.89. The van der Waals surface area contributed by atoms with Crippen LogP contribution in [0.5, 0.6) is 0 Å². The molecule has 1 atom stereocenters. The van der Waals surface area contributed by atoms with Crippen molar-refractivity contribution in [1.29, 1.82) is 0 Å². The summed E-state index contributed by atoms with van der Waals surface area (Å²) in [5.41, 5.74) is 1.27. The molecule has 1 fully saturated rings. The van der Waals surface area contributed by atoms with Crippen LogP contribution in [0.15, 0.2) is 4.90 Å². The van der Waals surface area contributed by atoms with Gasteiger partial charge in [0, 0.05) is 31.3 Å². The van der Waals surface area contributed by atoms with Crippen molar-refractivity contribution in [2.75, 3.05) is 24.4 Å². The van der Waals surface area contributed by atoms with Gasteiger partial charge in [-0.15, -0.1) is 11.6 Å². The van der Waals surface area contributed by atoms with Gasteiger partial charge in [-0.05, 0) is 32.4 Å². The smallest absolute Gasteiger partial charge is 0.246 e. The molecule has 2 rings (SSSR count). The SMILES string of the molecule is Cc1nn(CCCCl)c(C)c1S(=O)(=O)N(C)C1CCSC1. The van der Waals surface area contributed by atoms with E-state index in [2.05, 4.69) is 5.10 Å². The van der Waals surface area contributed by atoms with Gasteiger partial charge in [-0.25, -0.2) is 8.42 Å². The topological polar surface area (TPSA) is 55.2 Å². The molecule has 0 saturated carbocycles. The molecule has 120 valence electrons. The zero-order chi connectivity index (χ0) is 15.6. The maximum atomic E-state index is 12.9. The summed E-state index contributed by atoms with van der Waals surface area (Å²) < 4.78 is 29.0. The van der Waals surface area contributed by atoms with Gasteiger partial charge in [-0.1, -0.05) is 0 Å². The van der Waals surface area contributed by atoms with Gasteiger partial charge in [-0.3, -0.25) is 4.68 Å². The van der Waals surface area contributed by atoms with E-state index in [1.54, 1.807) is 30.4 Å². The highest BCUT2D eigenvalue weighted by Crippen LogP contribution is 2.29. The maximum absolute atomic E-state index is 12.9. The van der Waals surface area contributed by atoms with Crippen LogP contribution in [-0.2, 0) is 16.6 Å². The largest absolute Gasteiger partial charge is 0.268 e. The van der Waals surface area contributed by atoms with Gasteiger partial charge in [-0.2, -0.15) is 21.2 Å². The van der Waals surface area contributed by atoms with Gasteiger partial charge in [0.1, 0.15) is 4.90 Å². The molecule has 0 aliphatic carbocycles.